The van der Waals surface area contributed by atoms with Crippen LogP contribution < -0.4 is 5.32 Å². The van der Waals surface area contributed by atoms with Crippen LogP contribution in [0.2, 0.25) is 5.02 Å². The predicted molar refractivity (Wildman–Crippen MR) is 81.2 cm³/mol. The number of amides is 1. The van der Waals surface area contributed by atoms with Crippen molar-refractivity contribution in [2.45, 2.75) is 20.1 Å². The lowest BCUT2D eigenvalue weighted by molar-refractivity contribution is 0.0661. The van der Waals surface area contributed by atoms with Crippen molar-refractivity contribution in [3.63, 3.8) is 0 Å². The number of hydrogen-bond donors (Lipinski definition) is 1. The van der Waals surface area contributed by atoms with Gasteiger partial charge in [0.15, 0.2) is 0 Å². The highest BCUT2D eigenvalue weighted by atomic mass is 35.5. The van der Waals surface area contributed by atoms with Gasteiger partial charge in [-0.1, -0.05) is 29.8 Å². The smallest absolute Gasteiger partial charge is 0.265 e. The molecular weight excluding hydrogens is 296 g/mol. The van der Waals surface area contributed by atoms with Crippen LogP contribution in [0.5, 0.6) is 0 Å². The molecular formula is C14H15ClN2O2S. The van der Waals surface area contributed by atoms with Crippen molar-refractivity contribution in [1.29, 1.82) is 0 Å². The average molecular weight is 311 g/mol. The molecule has 0 bridgehead atoms. The van der Waals surface area contributed by atoms with E-state index in [4.69, 9.17) is 16.3 Å². The Balaban J connectivity index is 2.31. The van der Waals surface area contributed by atoms with E-state index in [1.807, 2.05) is 25.1 Å². The van der Waals surface area contributed by atoms with E-state index in [0.29, 0.717) is 15.6 Å². The van der Waals surface area contributed by atoms with E-state index in [1.165, 1.54) is 11.3 Å². The zero-order valence-electron chi connectivity index (χ0n) is 11.4. The van der Waals surface area contributed by atoms with Gasteiger partial charge in [0.2, 0.25) is 0 Å². The number of aryl methyl sites for hydroxylation is 1. The number of carbonyl (C=O) groups is 1. The molecule has 6 heteroatoms. The normalized spacial score (nSPS) is 12.2. The molecule has 1 aromatic carbocycles. The van der Waals surface area contributed by atoms with E-state index >= 15 is 0 Å². The molecule has 0 aliphatic heterocycles. The zero-order valence-corrected chi connectivity index (χ0v) is 13.0. The van der Waals surface area contributed by atoms with Crippen LogP contribution in [0.1, 0.15) is 22.3 Å². The highest BCUT2D eigenvalue weighted by Crippen LogP contribution is 2.32. The van der Waals surface area contributed by atoms with Gasteiger partial charge in [-0.15, -0.1) is 11.3 Å². The lowest BCUT2D eigenvalue weighted by Gasteiger charge is -2.10. The van der Waals surface area contributed by atoms with Gasteiger partial charge < -0.3 is 10.1 Å². The number of nitrogens with zero attached hydrogens (tertiary/aromatic N) is 1. The van der Waals surface area contributed by atoms with Crippen LogP contribution in [-0.4, -0.2) is 24.2 Å². The summed E-state index contributed by atoms with van der Waals surface area (Å²) in [6, 6.07) is 7.45. The molecule has 1 amide bonds. The van der Waals surface area contributed by atoms with Gasteiger partial charge in [0.05, 0.1) is 10.7 Å². The third-order valence-electron chi connectivity index (χ3n) is 2.79. The number of methoxy groups -OCH3 is 1. The summed E-state index contributed by atoms with van der Waals surface area (Å²) in [7, 11) is 1.54. The minimum atomic E-state index is -0.340. The number of halogens is 1. The zero-order chi connectivity index (χ0) is 14.7. The summed E-state index contributed by atoms with van der Waals surface area (Å²) in [6.45, 7) is 3.58. The second kappa shape index (κ2) is 6.35. The van der Waals surface area contributed by atoms with E-state index in [2.05, 4.69) is 10.3 Å². The number of rotatable bonds is 4. The van der Waals surface area contributed by atoms with Crippen molar-refractivity contribution in [3.8, 4) is 10.6 Å². The summed E-state index contributed by atoms with van der Waals surface area (Å²) >= 11 is 7.48. The Morgan fingerprint density at radius 2 is 2.15 bits per heavy atom. The second-order valence-electron chi connectivity index (χ2n) is 4.26. The second-order valence-corrected chi connectivity index (χ2v) is 5.67. The monoisotopic (exact) mass is 310 g/mol. The van der Waals surface area contributed by atoms with E-state index in [0.717, 1.165) is 10.6 Å². The van der Waals surface area contributed by atoms with E-state index in [1.54, 1.807) is 20.1 Å². The fraction of sp³-hybridized carbons (Fsp3) is 0.286. The minimum Gasteiger partial charge on any atom is -0.362 e. The van der Waals surface area contributed by atoms with Gasteiger partial charge in [-0.05, 0) is 19.9 Å². The van der Waals surface area contributed by atoms with Gasteiger partial charge >= 0.3 is 0 Å². The topological polar surface area (TPSA) is 51.2 Å². The van der Waals surface area contributed by atoms with Crippen molar-refractivity contribution in [2.75, 3.05) is 7.11 Å². The number of nitrogens with one attached hydrogen (secondary N) is 1. The fourth-order valence-corrected chi connectivity index (χ4v) is 2.96. The van der Waals surface area contributed by atoms with Gasteiger partial charge in [0.1, 0.15) is 16.1 Å². The van der Waals surface area contributed by atoms with Crippen molar-refractivity contribution in [1.82, 2.24) is 10.3 Å². The Morgan fingerprint density at radius 3 is 2.80 bits per heavy atom. The van der Waals surface area contributed by atoms with Crippen LogP contribution in [-0.2, 0) is 4.74 Å². The summed E-state index contributed by atoms with van der Waals surface area (Å²) in [4.78, 5) is 17.1. The molecule has 0 spiro atoms. The first-order chi connectivity index (χ1) is 9.52. The molecule has 0 fully saturated rings. The molecule has 20 heavy (non-hydrogen) atoms. The van der Waals surface area contributed by atoms with Gasteiger partial charge in [0.25, 0.3) is 5.91 Å². The number of hydrogen-bond acceptors (Lipinski definition) is 4. The number of ether oxygens (including phenoxy) is 1. The molecule has 2 aromatic rings. The first-order valence-corrected chi connectivity index (χ1v) is 7.28. The third-order valence-corrected chi connectivity index (χ3v) is 4.31. The Hall–Kier alpha value is -1.43. The molecule has 0 radical (unpaired) electrons. The molecule has 1 atom stereocenters. The van der Waals surface area contributed by atoms with Gasteiger partial charge in [-0.25, -0.2) is 4.98 Å². The number of thiazole rings is 1. The number of benzene rings is 1. The Labute approximate surface area is 126 Å². The lowest BCUT2D eigenvalue weighted by atomic mass is 10.2. The molecule has 1 heterocycles. The third kappa shape index (κ3) is 3.17. The Morgan fingerprint density at radius 1 is 1.45 bits per heavy atom. The maximum atomic E-state index is 12.1. The molecule has 0 saturated carbocycles. The van der Waals surface area contributed by atoms with Crippen molar-refractivity contribution in [2.24, 2.45) is 0 Å². The molecule has 106 valence electrons. The quantitative estimate of drug-likeness (QED) is 0.879. The van der Waals surface area contributed by atoms with Crippen molar-refractivity contribution >= 4 is 28.8 Å². The minimum absolute atomic E-state index is 0.187. The summed E-state index contributed by atoms with van der Waals surface area (Å²) < 4.78 is 5.02. The van der Waals surface area contributed by atoms with Crippen LogP contribution in [0, 0.1) is 6.92 Å². The van der Waals surface area contributed by atoms with E-state index in [9.17, 15) is 4.79 Å². The maximum Gasteiger partial charge on any atom is 0.265 e. The number of carbonyl (C=O) groups excluding carboxylic acids is 1. The van der Waals surface area contributed by atoms with Crippen molar-refractivity contribution < 1.29 is 9.53 Å². The van der Waals surface area contributed by atoms with E-state index in [-0.39, 0.29) is 12.1 Å². The van der Waals surface area contributed by atoms with Crippen molar-refractivity contribution in [3.05, 3.63) is 39.9 Å². The summed E-state index contributed by atoms with van der Waals surface area (Å²) in [5, 5.41) is 4.11. The maximum absolute atomic E-state index is 12.1. The molecule has 1 aromatic heterocycles. The Bertz CT molecular complexity index is 627. The SMILES string of the molecule is COC(C)NC(=O)c1sc(-c2ccccc2Cl)nc1C. The lowest BCUT2D eigenvalue weighted by Crippen LogP contribution is -2.33. The molecule has 0 saturated heterocycles. The first-order valence-electron chi connectivity index (χ1n) is 6.09. The molecule has 2 rings (SSSR count). The van der Waals surface area contributed by atoms with Crippen LogP contribution in [0.3, 0.4) is 0 Å². The molecule has 1 unspecified atom stereocenters. The van der Waals surface area contributed by atoms with Crippen LogP contribution in [0.15, 0.2) is 24.3 Å². The molecule has 1 N–H and O–H groups in total. The van der Waals surface area contributed by atoms with Gasteiger partial charge in [0, 0.05) is 12.7 Å². The van der Waals surface area contributed by atoms with Crippen LogP contribution >= 0.6 is 22.9 Å². The summed E-state index contributed by atoms with van der Waals surface area (Å²) in [6.07, 6.45) is -0.340. The molecule has 0 aliphatic carbocycles. The van der Waals surface area contributed by atoms with Gasteiger partial charge in [-0.3, -0.25) is 4.79 Å². The Kier molecular flexibility index (Phi) is 4.75. The fourth-order valence-electron chi connectivity index (χ4n) is 1.67. The summed E-state index contributed by atoms with van der Waals surface area (Å²) in [5.74, 6) is -0.187. The predicted octanol–water partition coefficient (Wildman–Crippen LogP) is 3.49. The van der Waals surface area contributed by atoms with E-state index < -0.39 is 0 Å². The summed E-state index contributed by atoms with van der Waals surface area (Å²) in [5.41, 5.74) is 1.52. The van der Waals surface area contributed by atoms with Gasteiger partial charge in [-0.2, -0.15) is 0 Å². The van der Waals surface area contributed by atoms with Crippen LogP contribution in [0.4, 0.5) is 0 Å². The molecule has 0 aliphatic rings. The number of aromatic nitrogens is 1. The highest BCUT2D eigenvalue weighted by Gasteiger charge is 2.18. The molecule has 4 nitrogen and oxygen atoms in total. The average Bonchev–Trinajstić information content (AvgIpc) is 2.81. The first kappa shape index (κ1) is 15.0. The largest absolute Gasteiger partial charge is 0.362 e. The van der Waals surface area contributed by atoms with Crippen LogP contribution in [0.25, 0.3) is 10.6 Å². The standard InChI is InChI=1S/C14H15ClN2O2S/c1-8-12(13(18)17-9(2)19-3)20-14(16-8)10-6-4-5-7-11(10)15/h4-7,9H,1-3H3,(H,17,18). The highest BCUT2D eigenvalue weighted by molar-refractivity contribution is 7.17.